The molecule has 0 saturated carbocycles. The second-order valence-electron chi connectivity index (χ2n) is 3.98. The molecule has 8 heteroatoms. The van der Waals surface area contributed by atoms with E-state index >= 15 is 0 Å². The highest BCUT2D eigenvalue weighted by molar-refractivity contribution is 7.95. The fraction of sp³-hybridized carbons (Fsp3) is 0.556. The molecule has 1 atom stereocenters. The van der Waals surface area contributed by atoms with Gasteiger partial charge in [0.1, 0.15) is 8.42 Å². The Morgan fingerprint density at radius 2 is 2.12 bits per heavy atom. The first-order chi connectivity index (χ1) is 7.79. The first-order valence-corrected chi connectivity index (χ1v) is 8.94. The Morgan fingerprint density at radius 3 is 2.71 bits per heavy atom. The molecule has 2 heterocycles. The van der Waals surface area contributed by atoms with Crippen molar-refractivity contribution in [3.8, 4) is 0 Å². The molecule has 5 nitrogen and oxygen atoms in total. The number of sulfonamides is 1. The van der Waals surface area contributed by atoms with Gasteiger partial charge in [0.15, 0.2) is 9.84 Å². The molecule has 0 aliphatic carbocycles. The maximum Gasteiger partial charge on any atom is 0.249 e. The van der Waals surface area contributed by atoms with Crippen molar-refractivity contribution in [1.82, 2.24) is 4.72 Å². The Bertz CT molecular complexity index is 642. The van der Waals surface area contributed by atoms with Gasteiger partial charge in [-0.05, 0) is 38.4 Å². The SMILES string of the molecule is CNS(=O)(=O)c1cc2c(s1)S(=O)(=O)C(C)CC2. The normalized spacial score (nSPS) is 23.3. The van der Waals surface area contributed by atoms with Crippen LogP contribution < -0.4 is 4.72 Å². The molecule has 1 unspecified atom stereocenters. The van der Waals surface area contributed by atoms with E-state index in [1.165, 1.54) is 13.1 Å². The van der Waals surface area contributed by atoms with Gasteiger partial charge in [0.25, 0.3) is 0 Å². The van der Waals surface area contributed by atoms with Gasteiger partial charge in [0, 0.05) is 0 Å². The van der Waals surface area contributed by atoms with Crippen LogP contribution in [0.1, 0.15) is 18.9 Å². The fourth-order valence-corrected chi connectivity index (χ4v) is 6.55. The monoisotopic (exact) mass is 295 g/mol. The highest BCUT2D eigenvalue weighted by Gasteiger charge is 2.34. The van der Waals surface area contributed by atoms with Gasteiger partial charge in [0.05, 0.1) is 5.25 Å². The van der Waals surface area contributed by atoms with Crippen LogP contribution in [0, 0.1) is 0 Å². The summed E-state index contributed by atoms with van der Waals surface area (Å²) in [4.78, 5) is 0. The number of nitrogens with one attached hydrogen (secondary N) is 1. The first-order valence-electron chi connectivity index (χ1n) is 5.09. The van der Waals surface area contributed by atoms with Crippen molar-refractivity contribution in [2.24, 2.45) is 0 Å². The molecule has 96 valence electrons. The summed E-state index contributed by atoms with van der Waals surface area (Å²) in [5.41, 5.74) is 0.627. The molecular formula is C9H13NO4S3. The standard InChI is InChI=1S/C9H13NO4S3/c1-6-3-4-7-5-8(17(13,14)10-2)15-9(7)16(6,11)12/h5-6,10H,3-4H2,1-2H3. The minimum Gasteiger partial charge on any atom is -0.223 e. The molecule has 1 aliphatic heterocycles. The van der Waals surface area contributed by atoms with E-state index in [0.29, 0.717) is 18.4 Å². The predicted molar refractivity (Wildman–Crippen MR) is 65.5 cm³/mol. The second kappa shape index (κ2) is 4.04. The zero-order valence-electron chi connectivity index (χ0n) is 9.43. The lowest BCUT2D eigenvalue weighted by atomic mass is 10.1. The third-order valence-corrected chi connectivity index (χ3v) is 8.77. The lowest BCUT2D eigenvalue weighted by Crippen LogP contribution is -2.23. The van der Waals surface area contributed by atoms with Gasteiger partial charge in [-0.25, -0.2) is 21.6 Å². The molecule has 0 radical (unpaired) electrons. The summed E-state index contributed by atoms with van der Waals surface area (Å²) < 4.78 is 49.8. The molecule has 1 aromatic rings. The number of sulfone groups is 1. The summed E-state index contributed by atoms with van der Waals surface area (Å²) in [7, 11) is -5.59. The van der Waals surface area contributed by atoms with E-state index in [1.54, 1.807) is 6.92 Å². The Labute approximate surface area is 105 Å². The van der Waals surface area contributed by atoms with Crippen molar-refractivity contribution >= 4 is 31.2 Å². The molecular weight excluding hydrogens is 282 g/mol. The van der Waals surface area contributed by atoms with Crippen molar-refractivity contribution in [1.29, 1.82) is 0 Å². The minimum atomic E-state index is -3.56. The van der Waals surface area contributed by atoms with E-state index in [4.69, 9.17) is 0 Å². The molecule has 0 bridgehead atoms. The molecule has 0 amide bonds. The molecule has 0 spiro atoms. The largest absolute Gasteiger partial charge is 0.249 e. The third-order valence-electron chi connectivity index (χ3n) is 2.89. The van der Waals surface area contributed by atoms with Crippen LogP contribution in [-0.4, -0.2) is 29.1 Å². The van der Waals surface area contributed by atoms with Crippen molar-refractivity contribution in [3.63, 3.8) is 0 Å². The molecule has 0 aromatic carbocycles. The van der Waals surface area contributed by atoms with Crippen LogP contribution in [-0.2, 0) is 26.3 Å². The van der Waals surface area contributed by atoms with Gasteiger partial charge in [-0.2, -0.15) is 0 Å². The summed E-state index contributed by atoms with van der Waals surface area (Å²) in [6, 6.07) is 1.47. The summed E-state index contributed by atoms with van der Waals surface area (Å²) >= 11 is 0.839. The van der Waals surface area contributed by atoms with Crippen LogP contribution in [0.15, 0.2) is 14.5 Å². The van der Waals surface area contributed by atoms with Gasteiger partial charge in [0.2, 0.25) is 10.0 Å². The molecule has 1 aromatic heterocycles. The Kier molecular flexibility index (Phi) is 3.09. The van der Waals surface area contributed by atoms with Crippen LogP contribution >= 0.6 is 11.3 Å². The van der Waals surface area contributed by atoms with Gasteiger partial charge in [-0.1, -0.05) is 0 Å². The lowest BCUT2D eigenvalue weighted by molar-refractivity contribution is 0.570. The molecule has 0 fully saturated rings. The van der Waals surface area contributed by atoms with Crippen molar-refractivity contribution in [3.05, 3.63) is 11.6 Å². The molecule has 2 rings (SSSR count). The van der Waals surface area contributed by atoms with E-state index < -0.39 is 25.1 Å². The number of hydrogen-bond acceptors (Lipinski definition) is 5. The lowest BCUT2D eigenvalue weighted by Gasteiger charge is -2.17. The highest BCUT2D eigenvalue weighted by Crippen LogP contribution is 2.37. The van der Waals surface area contributed by atoms with Crippen molar-refractivity contribution in [2.75, 3.05) is 7.05 Å². The average Bonchev–Trinajstić information content (AvgIpc) is 2.70. The average molecular weight is 295 g/mol. The fourth-order valence-electron chi connectivity index (χ4n) is 1.73. The first kappa shape index (κ1) is 13.0. The summed E-state index contributed by atoms with van der Waals surface area (Å²) in [6.45, 7) is 1.66. The van der Waals surface area contributed by atoms with Crippen LogP contribution in [0.2, 0.25) is 0 Å². The maximum atomic E-state index is 12.0. The van der Waals surface area contributed by atoms with E-state index in [2.05, 4.69) is 4.72 Å². The van der Waals surface area contributed by atoms with Crippen LogP contribution in [0.3, 0.4) is 0 Å². The van der Waals surface area contributed by atoms with E-state index in [-0.39, 0.29) is 8.42 Å². The molecule has 0 saturated heterocycles. The quantitative estimate of drug-likeness (QED) is 0.873. The predicted octanol–water partition coefficient (Wildman–Crippen LogP) is 0.765. The van der Waals surface area contributed by atoms with Gasteiger partial charge in [-0.3, -0.25) is 0 Å². The minimum absolute atomic E-state index is 0.0719. The Balaban J connectivity index is 2.62. The summed E-state index contributed by atoms with van der Waals surface area (Å²) in [5, 5.41) is -0.432. The van der Waals surface area contributed by atoms with Crippen molar-refractivity contribution in [2.45, 2.75) is 33.4 Å². The smallest absolute Gasteiger partial charge is 0.223 e. The number of rotatable bonds is 2. The van der Waals surface area contributed by atoms with Crippen LogP contribution in [0.5, 0.6) is 0 Å². The second-order valence-corrected chi connectivity index (χ2v) is 9.71. The Morgan fingerprint density at radius 1 is 1.47 bits per heavy atom. The van der Waals surface area contributed by atoms with Crippen molar-refractivity contribution < 1.29 is 16.8 Å². The topological polar surface area (TPSA) is 80.3 Å². The molecule has 1 aliphatic rings. The molecule has 1 N–H and O–H groups in total. The number of fused-ring (bicyclic) bond motifs is 1. The molecule has 17 heavy (non-hydrogen) atoms. The van der Waals surface area contributed by atoms with E-state index in [9.17, 15) is 16.8 Å². The third kappa shape index (κ3) is 2.03. The Hall–Kier alpha value is -0.440. The summed E-state index contributed by atoms with van der Waals surface area (Å²) in [6.07, 6.45) is 1.16. The zero-order chi connectivity index (χ0) is 12.8. The van der Waals surface area contributed by atoms with E-state index in [1.807, 2.05) is 0 Å². The van der Waals surface area contributed by atoms with E-state index in [0.717, 1.165) is 11.3 Å². The van der Waals surface area contributed by atoms with Crippen LogP contribution in [0.25, 0.3) is 0 Å². The van der Waals surface area contributed by atoms with Gasteiger partial charge < -0.3 is 0 Å². The number of aryl methyl sites for hydroxylation is 1. The highest BCUT2D eigenvalue weighted by atomic mass is 32.3. The summed E-state index contributed by atoms with van der Waals surface area (Å²) in [5.74, 6) is 0. The van der Waals surface area contributed by atoms with Crippen LogP contribution in [0.4, 0.5) is 0 Å². The van der Waals surface area contributed by atoms with Gasteiger partial charge >= 0.3 is 0 Å². The maximum absolute atomic E-state index is 12.0. The zero-order valence-corrected chi connectivity index (χ0v) is 11.9. The van der Waals surface area contributed by atoms with Gasteiger partial charge in [-0.15, -0.1) is 11.3 Å². The number of hydrogen-bond donors (Lipinski definition) is 1. The number of thiophene rings is 1.